The maximum absolute atomic E-state index is 12.9. The molecule has 2 aromatic heterocycles. The van der Waals surface area contributed by atoms with Crippen molar-refractivity contribution in [3.8, 4) is 11.7 Å². The van der Waals surface area contributed by atoms with Crippen LogP contribution in [0.4, 0.5) is 11.8 Å². The van der Waals surface area contributed by atoms with Crippen LogP contribution in [0.25, 0.3) is 17.0 Å². The van der Waals surface area contributed by atoms with Crippen LogP contribution in [0.1, 0.15) is 25.5 Å². The summed E-state index contributed by atoms with van der Waals surface area (Å²) in [6.45, 7) is 3.76. The lowest BCUT2D eigenvalue weighted by molar-refractivity contribution is 0.0433. The van der Waals surface area contributed by atoms with Crippen LogP contribution in [0.3, 0.4) is 0 Å². The highest BCUT2D eigenvalue weighted by Crippen LogP contribution is 2.57. The molecule has 168 valence electrons. The summed E-state index contributed by atoms with van der Waals surface area (Å²) in [6, 6.07) is 7.57. The van der Waals surface area contributed by atoms with Gasteiger partial charge >= 0.3 is 0 Å². The van der Waals surface area contributed by atoms with Crippen molar-refractivity contribution >= 4 is 32.6 Å². The number of nitrogens with two attached hydrogens (primary N) is 1. The first kappa shape index (κ1) is 19.7. The van der Waals surface area contributed by atoms with Gasteiger partial charge < -0.3 is 20.1 Å². The van der Waals surface area contributed by atoms with Gasteiger partial charge in [0, 0.05) is 25.6 Å². The van der Waals surface area contributed by atoms with E-state index in [4.69, 9.17) is 25.2 Å². The number of nitrogen functional groups attached to an aromatic ring is 1. The summed E-state index contributed by atoms with van der Waals surface area (Å²) >= 11 is 0. The largest absolute Gasteiger partial charge is 0.484 e. The van der Waals surface area contributed by atoms with E-state index in [1.807, 2.05) is 31.2 Å². The van der Waals surface area contributed by atoms with Crippen molar-refractivity contribution in [1.29, 1.82) is 0 Å². The van der Waals surface area contributed by atoms with E-state index >= 15 is 0 Å². The first-order valence-corrected chi connectivity index (χ1v) is 12.5. The number of imidazole rings is 1. The van der Waals surface area contributed by atoms with E-state index < -0.39 is 14.6 Å². The molecular weight excluding hydrogens is 432 g/mol. The summed E-state index contributed by atoms with van der Waals surface area (Å²) < 4.78 is 38.3. The van der Waals surface area contributed by atoms with Crippen LogP contribution in [0.2, 0.25) is 0 Å². The lowest BCUT2D eigenvalue weighted by atomic mass is 9.76. The number of rotatable bonds is 3. The Hall–Kier alpha value is -2.92. The number of hydrogen-bond acceptors (Lipinski definition) is 9. The molecular formula is C21H24N6O4S. The van der Waals surface area contributed by atoms with E-state index in [9.17, 15) is 8.42 Å². The third-order valence-electron chi connectivity index (χ3n) is 6.80. The van der Waals surface area contributed by atoms with E-state index in [2.05, 4.69) is 9.88 Å². The smallest absolute Gasteiger partial charge is 0.239 e. The van der Waals surface area contributed by atoms with E-state index in [1.54, 1.807) is 4.57 Å². The van der Waals surface area contributed by atoms with E-state index in [1.165, 1.54) is 6.26 Å². The van der Waals surface area contributed by atoms with Crippen LogP contribution in [0, 0.1) is 0 Å². The first-order chi connectivity index (χ1) is 15.3. The molecule has 0 unspecified atom stereocenters. The van der Waals surface area contributed by atoms with Gasteiger partial charge in [0.2, 0.25) is 11.9 Å². The predicted molar refractivity (Wildman–Crippen MR) is 119 cm³/mol. The molecule has 7 rings (SSSR count). The minimum Gasteiger partial charge on any atom is -0.484 e. The van der Waals surface area contributed by atoms with Gasteiger partial charge in [0.25, 0.3) is 0 Å². The summed E-state index contributed by atoms with van der Waals surface area (Å²) in [5, 5.41) is 0. The van der Waals surface area contributed by atoms with Crippen LogP contribution in [-0.2, 0) is 19.3 Å². The van der Waals surface area contributed by atoms with Gasteiger partial charge in [-0.15, -0.1) is 0 Å². The van der Waals surface area contributed by atoms with Crippen molar-refractivity contribution in [2.24, 2.45) is 0 Å². The monoisotopic (exact) mass is 456 g/mol. The number of para-hydroxylation sites is 2. The molecule has 1 saturated carbocycles. The Balaban J connectivity index is 1.64. The maximum Gasteiger partial charge on any atom is 0.239 e. The molecule has 10 nitrogen and oxygen atoms in total. The number of anilines is 2. The van der Waals surface area contributed by atoms with E-state index in [-0.39, 0.29) is 18.1 Å². The van der Waals surface area contributed by atoms with Gasteiger partial charge in [-0.2, -0.15) is 4.98 Å². The number of ether oxygens (including phenoxy) is 2. The fraction of sp³-hybridized carbons (Fsp3) is 0.476. The Bertz CT molecular complexity index is 1350. The third kappa shape index (κ3) is 2.61. The average Bonchev–Trinajstić information content (AvgIpc) is 3.07. The molecule has 2 bridgehead atoms. The summed E-state index contributed by atoms with van der Waals surface area (Å²) in [6.07, 6.45) is 1.92. The Kier molecular flexibility index (Phi) is 4.04. The van der Waals surface area contributed by atoms with Gasteiger partial charge in [-0.05, 0) is 19.1 Å². The minimum absolute atomic E-state index is 0.0449. The molecule has 0 amide bonds. The molecule has 1 atom stereocenters. The molecule has 1 aromatic carbocycles. The average molecular weight is 457 g/mol. The summed E-state index contributed by atoms with van der Waals surface area (Å²) in [4.78, 5) is 16.2. The van der Waals surface area contributed by atoms with Crippen molar-refractivity contribution < 1.29 is 17.9 Å². The van der Waals surface area contributed by atoms with Crippen LogP contribution >= 0.6 is 0 Å². The summed E-state index contributed by atoms with van der Waals surface area (Å²) in [5.41, 5.74) is 8.15. The standard InChI is InChI=1S/C21H24N6O4S/c1-12-11-30-8-7-26(12)18-16-17(21(32(2,28)29)9-13(10-21)31-16)24-20(25-18)27-15-6-4-3-5-14(15)23-19(27)22/h3-6,12-13H,7-11H2,1-2H3,(H2,22,23)/t12-,13?,21?/m1/s1. The zero-order chi connectivity index (χ0) is 22.3. The lowest BCUT2D eigenvalue weighted by Crippen LogP contribution is -2.57. The normalized spacial score (nSPS) is 27.0. The molecule has 4 aliphatic rings. The zero-order valence-electron chi connectivity index (χ0n) is 17.9. The van der Waals surface area contributed by atoms with Crippen LogP contribution in [0.5, 0.6) is 5.75 Å². The zero-order valence-corrected chi connectivity index (χ0v) is 18.7. The molecule has 11 heteroatoms. The molecule has 5 heterocycles. The lowest BCUT2D eigenvalue weighted by Gasteiger charge is -2.51. The molecule has 2 fully saturated rings. The quantitative estimate of drug-likeness (QED) is 0.623. The summed E-state index contributed by atoms with van der Waals surface area (Å²) in [7, 11) is -3.44. The third-order valence-corrected chi connectivity index (χ3v) is 8.75. The van der Waals surface area contributed by atoms with Crippen molar-refractivity contribution in [2.45, 2.75) is 36.7 Å². The Morgan fingerprint density at radius 1 is 1.19 bits per heavy atom. The second-order valence-electron chi connectivity index (χ2n) is 8.85. The molecule has 3 aromatic rings. The molecule has 0 radical (unpaired) electrons. The van der Waals surface area contributed by atoms with Crippen molar-refractivity contribution in [3.63, 3.8) is 0 Å². The number of benzene rings is 1. The topological polar surface area (TPSA) is 125 Å². The molecule has 32 heavy (non-hydrogen) atoms. The molecule has 3 aliphatic heterocycles. The first-order valence-electron chi connectivity index (χ1n) is 10.6. The highest BCUT2D eigenvalue weighted by molar-refractivity contribution is 7.91. The Morgan fingerprint density at radius 3 is 2.72 bits per heavy atom. The minimum atomic E-state index is -3.44. The number of morpholine rings is 1. The van der Waals surface area contributed by atoms with Crippen molar-refractivity contribution in [3.05, 3.63) is 30.0 Å². The Labute approximate surface area is 185 Å². The van der Waals surface area contributed by atoms with Gasteiger partial charge in [-0.3, -0.25) is 0 Å². The van der Waals surface area contributed by atoms with Crippen LogP contribution < -0.4 is 15.4 Å². The maximum atomic E-state index is 12.9. The number of sulfone groups is 1. The SMILES string of the molecule is C[C@@H]1COCCN1c1nc(-n2c(N)nc3ccccc32)nc2c1OC1CC2(S(C)(=O)=O)C1. The highest BCUT2D eigenvalue weighted by Gasteiger charge is 2.61. The van der Waals surface area contributed by atoms with Crippen molar-refractivity contribution in [2.75, 3.05) is 36.6 Å². The second kappa shape index (κ2) is 6.55. The van der Waals surface area contributed by atoms with Crippen LogP contribution in [-0.4, -0.2) is 66.1 Å². The predicted octanol–water partition coefficient (Wildman–Crippen LogP) is 1.42. The second-order valence-corrected chi connectivity index (χ2v) is 11.2. The molecule has 2 N–H and O–H groups in total. The van der Waals surface area contributed by atoms with Gasteiger partial charge in [-0.1, -0.05) is 12.1 Å². The molecule has 0 spiro atoms. The van der Waals surface area contributed by atoms with Crippen LogP contribution in [0.15, 0.2) is 24.3 Å². The van der Waals surface area contributed by atoms with Gasteiger partial charge in [0.1, 0.15) is 16.5 Å². The number of nitrogens with zero attached hydrogens (tertiary/aromatic N) is 5. The highest BCUT2D eigenvalue weighted by atomic mass is 32.2. The van der Waals surface area contributed by atoms with Gasteiger partial charge in [-0.25, -0.2) is 23.0 Å². The van der Waals surface area contributed by atoms with Crippen molar-refractivity contribution in [1.82, 2.24) is 19.5 Å². The summed E-state index contributed by atoms with van der Waals surface area (Å²) in [5.74, 6) is 1.57. The number of aromatic nitrogens is 4. The van der Waals surface area contributed by atoms with Gasteiger partial charge in [0.05, 0.1) is 30.3 Å². The van der Waals surface area contributed by atoms with E-state index in [0.29, 0.717) is 61.3 Å². The Morgan fingerprint density at radius 2 is 1.97 bits per heavy atom. The molecule has 1 aliphatic carbocycles. The fourth-order valence-corrected chi connectivity index (χ4v) is 6.50. The number of fused-ring (bicyclic) bond motifs is 1. The van der Waals surface area contributed by atoms with E-state index in [0.717, 1.165) is 5.52 Å². The fourth-order valence-electron chi connectivity index (χ4n) is 5.03. The molecule has 1 saturated heterocycles. The number of hydrogen-bond donors (Lipinski definition) is 1. The van der Waals surface area contributed by atoms with Gasteiger partial charge in [0.15, 0.2) is 21.4 Å².